The zero-order chi connectivity index (χ0) is 30.3. The van der Waals surface area contributed by atoms with E-state index < -0.39 is 45.8 Å². The number of amides is 1. The van der Waals surface area contributed by atoms with Gasteiger partial charge in [-0.15, -0.1) is 16.4 Å². The predicted molar refractivity (Wildman–Crippen MR) is 150 cm³/mol. The van der Waals surface area contributed by atoms with Crippen molar-refractivity contribution >= 4 is 54.6 Å². The van der Waals surface area contributed by atoms with Crippen LogP contribution >= 0.6 is 11.3 Å². The Hall–Kier alpha value is -3.84. The molecule has 42 heavy (non-hydrogen) atoms. The topological polar surface area (TPSA) is 212 Å². The molecule has 14 nitrogen and oxygen atoms in total. The maximum Gasteiger partial charge on any atom is 0.331 e. The first-order chi connectivity index (χ1) is 20.0. The van der Waals surface area contributed by atoms with Gasteiger partial charge in [0.2, 0.25) is 10.2 Å². The van der Waals surface area contributed by atoms with Crippen LogP contribution in [0.15, 0.2) is 53.0 Å². The van der Waals surface area contributed by atoms with Crippen molar-refractivity contribution in [1.29, 1.82) is 0 Å². The number of carbonyl (C=O) groups excluding carboxylic acids is 1. The zero-order valence-corrected chi connectivity index (χ0v) is 24.2. The van der Waals surface area contributed by atoms with Crippen LogP contribution in [0.5, 0.6) is 11.5 Å². The minimum absolute atomic E-state index is 0.0155. The molecule has 0 aliphatic heterocycles. The summed E-state index contributed by atoms with van der Waals surface area (Å²) in [5.41, 5.74) is 1.36. The largest absolute Gasteiger partial charge is 0.616 e. The van der Waals surface area contributed by atoms with Gasteiger partial charge in [0.15, 0.2) is 6.04 Å². The van der Waals surface area contributed by atoms with Crippen molar-refractivity contribution in [3.63, 3.8) is 0 Å². The van der Waals surface area contributed by atoms with E-state index in [-0.39, 0.29) is 35.6 Å². The van der Waals surface area contributed by atoms with Gasteiger partial charge in [-0.2, -0.15) is 0 Å². The van der Waals surface area contributed by atoms with Crippen LogP contribution in [0.3, 0.4) is 0 Å². The van der Waals surface area contributed by atoms with Gasteiger partial charge >= 0.3 is 5.97 Å². The molecule has 0 spiro atoms. The Labute approximate surface area is 245 Å². The molecule has 0 radical (unpaired) electrons. The molecule has 0 aliphatic carbocycles. The Bertz CT molecular complexity index is 1660. The Morgan fingerprint density at radius 2 is 2.00 bits per heavy atom. The molecule has 1 amide bonds. The van der Waals surface area contributed by atoms with Crippen LogP contribution in [0.2, 0.25) is 0 Å². The number of nitrogens with two attached hydrogens (primary N) is 1. The fraction of sp³-hybridized carbons (Fsp3) is 0.292. The van der Waals surface area contributed by atoms with E-state index in [0.29, 0.717) is 33.0 Å². The molecule has 2 aromatic carbocycles. The molecule has 0 fully saturated rings. The summed E-state index contributed by atoms with van der Waals surface area (Å²) in [6, 6.07) is 9.96. The summed E-state index contributed by atoms with van der Waals surface area (Å²) in [5.74, 6) is -1.56. The SMILES string of the molecule is NS(=O)(=O)c1nc2cc(OCc3cn(CC(=O)N[C@@H](C[S+]([O-])Cc4cccc(OCCF)c4)C(=O)O)nn3)ccc2s1. The molecule has 0 aliphatic rings. The second-order valence-electron chi connectivity index (χ2n) is 8.74. The highest BCUT2D eigenvalue weighted by molar-refractivity contribution is 7.91. The van der Waals surface area contributed by atoms with E-state index in [0.717, 1.165) is 11.3 Å². The summed E-state index contributed by atoms with van der Waals surface area (Å²) in [6.45, 7) is -1.15. The standard InChI is InChI=1S/C24H25FN6O8S3/c25-6-7-38-17-3-1-2-15(8-17)13-41(35)14-20(23(33)34)27-22(32)11-31-10-16(29-30-31)12-39-18-4-5-21-19(9-18)28-24(40-21)42(26,36)37/h1-5,8-10,20H,6-7,11-14H2,(H,27,32)(H,33,34)(H2,26,36,37)/t20-,41?/m0/s1. The number of rotatable bonds is 15. The minimum Gasteiger partial charge on any atom is -0.616 e. The highest BCUT2D eigenvalue weighted by Crippen LogP contribution is 2.28. The molecule has 4 N–H and O–H groups in total. The lowest BCUT2D eigenvalue weighted by molar-refractivity contribution is -0.141. The van der Waals surface area contributed by atoms with E-state index in [4.69, 9.17) is 14.6 Å². The molecule has 4 rings (SSSR count). The van der Waals surface area contributed by atoms with E-state index in [9.17, 15) is 32.1 Å². The van der Waals surface area contributed by atoms with Crippen LogP contribution in [-0.4, -0.2) is 75.0 Å². The highest BCUT2D eigenvalue weighted by Gasteiger charge is 2.26. The number of alkyl halides is 1. The van der Waals surface area contributed by atoms with Crippen LogP contribution in [0.1, 0.15) is 11.3 Å². The number of nitrogens with one attached hydrogen (secondary N) is 1. The number of aromatic nitrogens is 4. The van der Waals surface area contributed by atoms with Gasteiger partial charge in [-0.1, -0.05) is 17.3 Å². The zero-order valence-electron chi connectivity index (χ0n) is 21.7. The maximum atomic E-state index is 12.6. The van der Waals surface area contributed by atoms with Crippen molar-refractivity contribution in [2.24, 2.45) is 5.14 Å². The second-order valence-corrected chi connectivity index (χ2v) is 13.0. The Balaban J connectivity index is 1.28. The average Bonchev–Trinajstić information content (AvgIpc) is 3.57. The molecular weight excluding hydrogens is 615 g/mol. The molecule has 224 valence electrons. The number of hydrogen-bond acceptors (Lipinski definition) is 11. The molecule has 18 heteroatoms. The fourth-order valence-electron chi connectivity index (χ4n) is 3.61. The number of thiazole rings is 1. The van der Waals surface area contributed by atoms with Crippen molar-refractivity contribution in [2.75, 3.05) is 19.0 Å². The number of ether oxygens (including phenoxy) is 2. The van der Waals surface area contributed by atoms with Crippen molar-refractivity contribution < 1.29 is 41.5 Å². The third kappa shape index (κ3) is 8.83. The van der Waals surface area contributed by atoms with E-state index >= 15 is 0 Å². The highest BCUT2D eigenvalue weighted by atomic mass is 32.2. The summed E-state index contributed by atoms with van der Waals surface area (Å²) in [6.07, 6.45) is 1.44. The van der Waals surface area contributed by atoms with Gasteiger partial charge in [-0.25, -0.2) is 32.4 Å². The van der Waals surface area contributed by atoms with Crippen molar-refractivity contribution in [3.8, 4) is 11.5 Å². The summed E-state index contributed by atoms with van der Waals surface area (Å²) in [4.78, 5) is 28.2. The molecule has 2 heterocycles. The number of aliphatic carboxylic acids is 1. The summed E-state index contributed by atoms with van der Waals surface area (Å²) >= 11 is -0.708. The Kier molecular flexibility index (Phi) is 10.3. The van der Waals surface area contributed by atoms with Gasteiger partial charge in [0.25, 0.3) is 10.0 Å². The first kappa shape index (κ1) is 31.1. The van der Waals surface area contributed by atoms with E-state index in [2.05, 4.69) is 20.6 Å². The minimum atomic E-state index is -3.92. The fourth-order valence-corrected chi connectivity index (χ4v) is 6.51. The first-order valence-corrected chi connectivity index (χ1v) is 16.0. The van der Waals surface area contributed by atoms with Crippen LogP contribution in [0.25, 0.3) is 10.2 Å². The normalized spacial score (nSPS) is 13.0. The average molecular weight is 641 g/mol. The van der Waals surface area contributed by atoms with Gasteiger partial charge in [-0.3, -0.25) is 4.79 Å². The number of fused-ring (bicyclic) bond motifs is 1. The lowest BCUT2D eigenvalue weighted by atomic mass is 10.2. The van der Waals surface area contributed by atoms with Crippen LogP contribution in [0.4, 0.5) is 4.39 Å². The predicted octanol–water partition coefficient (Wildman–Crippen LogP) is 0.981. The van der Waals surface area contributed by atoms with Gasteiger partial charge < -0.3 is 24.4 Å². The number of nitrogens with zero attached hydrogens (tertiary/aromatic N) is 4. The number of carbonyl (C=O) groups is 2. The van der Waals surface area contributed by atoms with Gasteiger partial charge in [0, 0.05) is 11.6 Å². The van der Waals surface area contributed by atoms with E-state index in [1.807, 2.05) is 0 Å². The van der Waals surface area contributed by atoms with Gasteiger partial charge in [-0.05, 0) is 35.4 Å². The number of carboxylic acids is 1. The van der Waals surface area contributed by atoms with Crippen LogP contribution in [-0.2, 0) is 49.7 Å². The van der Waals surface area contributed by atoms with Crippen molar-refractivity contribution in [1.82, 2.24) is 25.3 Å². The van der Waals surface area contributed by atoms with Crippen molar-refractivity contribution in [2.45, 2.75) is 29.3 Å². The first-order valence-electron chi connectivity index (χ1n) is 12.1. The third-order valence-electron chi connectivity index (χ3n) is 5.42. The number of carboxylic acid groups (broad SMARTS) is 1. The lowest BCUT2D eigenvalue weighted by Gasteiger charge is -2.18. The van der Waals surface area contributed by atoms with Crippen LogP contribution < -0.4 is 19.9 Å². The molecule has 0 saturated carbocycles. The lowest BCUT2D eigenvalue weighted by Crippen LogP contribution is -2.46. The summed E-state index contributed by atoms with van der Waals surface area (Å²) < 4.78 is 60.4. The summed E-state index contributed by atoms with van der Waals surface area (Å²) in [5, 5.41) is 24.8. The van der Waals surface area contributed by atoms with Crippen molar-refractivity contribution in [3.05, 3.63) is 59.9 Å². The Morgan fingerprint density at radius 1 is 1.21 bits per heavy atom. The number of halogens is 1. The summed E-state index contributed by atoms with van der Waals surface area (Å²) in [7, 11) is -3.92. The third-order valence-corrected chi connectivity index (χ3v) is 9.14. The van der Waals surface area contributed by atoms with E-state index in [1.165, 1.54) is 10.9 Å². The molecule has 2 atom stereocenters. The van der Waals surface area contributed by atoms with E-state index in [1.54, 1.807) is 42.5 Å². The number of hydrogen-bond donors (Lipinski definition) is 3. The van der Waals surface area contributed by atoms with Crippen LogP contribution in [0, 0.1) is 0 Å². The molecular formula is C24H25FN6O8S3. The molecule has 0 saturated heterocycles. The molecule has 1 unspecified atom stereocenters. The number of sulfonamides is 1. The maximum absolute atomic E-state index is 12.6. The number of benzene rings is 2. The molecule has 4 aromatic rings. The smallest absolute Gasteiger partial charge is 0.331 e. The Morgan fingerprint density at radius 3 is 2.74 bits per heavy atom. The van der Waals surface area contributed by atoms with Gasteiger partial charge in [0.05, 0.1) is 16.4 Å². The quantitative estimate of drug-likeness (QED) is 0.156. The molecule has 0 bridgehead atoms. The second kappa shape index (κ2) is 13.9. The molecule has 2 aromatic heterocycles. The van der Waals surface area contributed by atoms with Gasteiger partial charge in [0.1, 0.15) is 55.1 Å². The number of primary sulfonamides is 1. The monoisotopic (exact) mass is 640 g/mol.